The number of hydrogen-bond donors (Lipinski definition) is 4. The Morgan fingerprint density at radius 1 is 1.60 bits per heavy atom. The lowest BCUT2D eigenvalue weighted by Gasteiger charge is -2.11. The summed E-state index contributed by atoms with van der Waals surface area (Å²) in [6, 6.07) is 0. The fraction of sp³-hybridized carbons (Fsp3) is 0.500. The number of aliphatic hydroxyl groups is 2. The number of aliphatic hydroxyl groups excluding tert-OH is 2. The van der Waals surface area contributed by atoms with Crippen LogP contribution >= 0.6 is 7.60 Å². The molecule has 0 saturated carbocycles. The van der Waals surface area contributed by atoms with Crippen molar-refractivity contribution in [1.82, 2.24) is 0 Å². The van der Waals surface area contributed by atoms with Crippen molar-refractivity contribution in [3.05, 3.63) is 11.9 Å². The van der Waals surface area contributed by atoms with Gasteiger partial charge in [-0.2, -0.15) is 0 Å². The molecule has 0 aliphatic carbocycles. The van der Waals surface area contributed by atoms with Crippen LogP contribution in [0.4, 0.5) is 0 Å². The van der Waals surface area contributed by atoms with Crippen LogP contribution < -0.4 is 0 Å². The van der Waals surface area contributed by atoms with Gasteiger partial charge in [-0.3, -0.25) is 4.57 Å². The molecule has 0 aliphatic heterocycles. The van der Waals surface area contributed by atoms with Crippen LogP contribution in [0.3, 0.4) is 0 Å². The zero-order valence-electron chi connectivity index (χ0n) is 5.14. The van der Waals surface area contributed by atoms with E-state index >= 15 is 0 Å². The lowest BCUT2D eigenvalue weighted by molar-refractivity contribution is 0.125. The molecule has 0 radical (unpaired) electrons. The van der Waals surface area contributed by atoms with E-state index in [0.717, 1.165) is 0 Å². The van der Waals surface area contributed by atoms with E-state index in [1.54, 1.807) is 0 Å². The first-order chi connectivity index (χ1) is 4.39. The van der Waals surface area contributed by atoms with Crippen molar-refractivity contribution in [2.45, 2.75) is 6.10 Å². The highest BCUT2D eigenvalue weighted by atomic mass is 31.2. The van der Waals surface area contributed by atoms with Gasteiger partial charge in [0.1, 0.15) is 6.10 Å². The molecule has 0 aromatic carbocycles. The van der Waals surface area contributed by atoms with Crippen molar-refractivity contribution in [3.63, 3.8) is 0 Å². The van der Waals surface area contributed by atoms with Gasteiger partial charge < -0.3 is 20.0 Å². The molecule has 0 amide bonds. The molecule has 0 bridgehead atoms. The van der Waals surface area contributed by atoms with Crippen molar-refractivity contribution in [2.24, 2.45) is 0 Å². The van der Waals surface area contributed by atoms with Gasteiger partial charge in [-0.15, -0.1) is 0 Å². The topological polar surface area (TPSA) is 98.0 Å². The van der Waals surface area contributed by atoms with E-state index in [2.05, 4.69) is 6.58 Å². The van der Waals surface area contributed by atoms with Crippen molar-refractivity contribution < 1.29 is 24.6 Å². The van der Waals surface area contributed by atoms with Gasteiger partial charge in [0.15, 0.2) is 0 Å². The van der Waals surface area contributed by atoms with Gasteiger partial charge in [0.2, 0.25) is 0 Å². The van der Waals surface area contributed by atoms with Crippen LogP contribution in [0.1, 0.15) is 0 Å². The standard InChI is InChI=1S/C4H9O5P/c1-3(4(6)2-5)10(7,8)9/h4-6H,1-2H2,(H2,7,8,9). The molecule has 0 aromatic heterocycles. The van der Waals surface area contributed by atoms with Crippen molar-refractivity contribution in [3.8, 4) is 0 Å². The Hall–Kier alpha value is -0.190. The minimum atomic E-state index is -4.43. The van der Waals surface area contributed by atoms with E-state index in [1.165, 1.54) is 0 Å². The molecule has 0 heterocycles. The summed E-state index contributed by atoms with van der Waals surface area (Å²) in [6.45, 7) is 2.19. The Labute approximate surface area is 57.8 Å². The Kier molecular flexibility index (Phi) is 3.21. The maximum absolute atomic E-state index is 10.3. The van der Waals surface area contributed by atoms with Gasteiger partial charge in [0.05, 0.1) is 11.9 Å². The first-order valence-electron chi connectivity index (χ1n) is 2.43. The van der Waals surface area contributed by atoms with Crippen LogP contribution in [0.5, 0.6) is 0 Å². The maximum atomic E-state index is 10.3. The third kappa shape index (κ3) is 2.60. The molecular formula is C4H9O5P. The molecule has 0 aliphatic rings. The van der Waals surface area contributed by atoms with Crippen molar-refractivity contribution in [1.29, 1.82) is 0 Å². The molecule has 0 aromatic rings. The molecule has 60 valence electrons. The van der Waals surface area contributed by atoms with Crippen LogP contribution in [-0.2, 0) is 4.57 Å². The second-order valence-corrected chi connectivity index (χ2v) is 3.40. The Balaban J connectivity index is 4.24. The third-order valence-electron chi connectivity index (χ3n) is 0.932. The monoisotopic (exact) mass is 168 g/mol. The predicted octanol–water partition coefficient (Wildman–Crippen LogP) is -0.969. The van der Waals surface area contributed by atoms with Gasteiger partial charge in [-0.1, -0.05) is 6.58 Å². The highest BCUT2D eigenvalue weighted by molar-refractivity contribution is 7.56. The first kappa shape index (κ1) is 9.81. The first-order valence-corrected chi connectivity index (χ1v) is 4.04. The summed E-state index contributed by atoms with van der Waals surface area (Å²) in [5.74, 6) is 0. The van der Waals surface area contributed by atoms with Crippen LogP contribution in [0.25, 0.3) is 0 Å². The number of hydrogen-bond acceptors (Lipinski definition) is 3. The summed E-state index contributed by atoms with van der Waals surface area (Å²) in [5, 5.41) is 16.2. The summed E-state index contributed by atoms with van der Waals surface area (Å²) in [4.78, 5) is 16.7. The number of rotatable bonds is 3. The molecule has 0 rings (SSSR count). The largest absolute Gasteiger partial charge is 0.393 e. The molecule has 4 N–H and O–H groups in total. The van der Waals surface area contributed by atoms with Crippen LogP contribution in [0.2, 0.25) is 0 Å². The molecule has 0 fully saturated rings. The van der Waals surface area contributed by atoms with Gasteiger partial charge in [0.25, 0.3) is 0 Å². The fourth-order valence-electron chi connectivity index (χ4n) is 0.300. The highest BCUT2D eigenvalue weighted by Gasteiger charge is 2.24. The summed E-state index contributed by atoms with van der Waals surface area (Å²) in [7, 11) is -4.43. The van der Waals surface area contributed by atoms with Gasteiger partial charge >= 0.3 is 7.60 Å². The fourth-order valence-corrected chi connectivity index (χ4v) is 0.769. The molecule has 1 atom stereocenters. The summed E-state index contributed by atoms with van der Waals surface area (Å²) < 4.78 is 10.3. The van der Waals surface area contributed by atoms with Gasteiger partial charge in [0, 0.05) is 0 Å². The summed E-state index contributed by atoms with van der Waals surface area (Å²) in [6.07, 6.45) is -1.54. The Bertz CT molecular complexity index is 170. The average molecular weight is 168 g/mol. The third-order valence-corrected chi connectivity index (χ3v) is 1.98. The minimum absolute atomic E-state index is 0.657. The lowest BCUT2D eigenvalue weighted by atomic mass is 10.4. The SMILES string of the molecule is C=C(C(O)CO)P(=O)(O)O. The van der Waals surface area contributed by atoms with E-state index < -0.39 is 25.6 Å². The Morgan fingerprint density at radius 3 is 2.10 bits per heavy atom. The van der Waals surface area contributed by atoms with Crippen molar-refractivity contribution in [2.75, 3.05) is 6.61 Å². The molecule has 0 spiro atoms. The quantitative estimate of drug-likeness (QED) is 0.406. The predicted molar refractivity (Wildman–Crippen MR) is 34.3 cm³/mol. The zero-order chi connectivity index (χ0) is 8.36. The van der Waals surface area contributed by atoms with Gasteiger partial charge in [-0.05, 0) is 0 Å². The van der Waals surface area contributed by atoms with Crippen LogP contribution in [0.15, 0.2) is 11.9 Å². The highest BCUT2D eigenvalue weighted by Crippen LogP contribution is 2.45. The summed E-state index contributed by atoms with van der Waals surface area (Å²) in [5.41, 5.74) is 0. The van der Waals surface area contributed by atoms with Gasteiger partial charge in [-0.25, -0.2) is 0 Å². The maximum Gasteiger partial charge on any atom is 0.354 e. The van der Waals surface area contributed by atoms with E-state index in [1.807, 2.05) is 0 Å². The van der Waals surface area contributed by atoms with Crippen LogP contribution in [0, 0.1) is 0 Å². The molecule has 1 unspecified atom stereocenters. The average Bonchev–Trinajstić information content (AvgIpc) is 1.83. The minimum Gasteiger partial charge on any atom is -0.393 e. The zero-order valence-corrected chi connectivity index (χ0v) is 6.03. The molecule has 6 heteroatoms. The second-order valence-electron chi connectivity index (χ2n) is 1.73. The molecule has 10 heavy (non-hydrogen) atoms. The van der Waals surface area contributed by atoms with Crippen LogP contribution in [-0.4, -0.2) is 32.7 Å². The molecular weight excluding hydrogens is 159 g/mol. The Morgan fingerprint density at radius 2 is 2.00 bits per heavy atom. The second kappa shape index (κ2) is 3.27. The normalized spacial score (nSPS) is 14.8. The smallest absolute Gasteiger partial charge is 0.354 e. The molecule has 5 nitrogen and oxygen atoms in total. The van der Waals surface area contributed by atoms with E-state index in [4.69, 9.17) is 20.0 Å². The van der Waals surface area contributed by atoms with Crippen molar-refractivity contribution >= 4 is 7.60 Å². The lowest BCUT2D eigenvalue weighted by Crippen LogP contribution is -2.14. The van der Waals surface area contributed by atoms with E-state index in [-0.39, 0.29) is 0 Å². The molecule has 0 saturated heterocycles. The summed E-state index contributed by atoms with van der Waals surface area (Å²) >= 11 is 0. The van der Waals surface area contributed by atoms with E-state index in [0.29, 0.717) is 0 Å². The van der Waals surface area contributed by atoms with E-state index in [9.17, 15) is 4.57 Å².